The van der Waals surface area contributed by atoms with Gasteiger partial charge in [0, 0.05) is 11.1 Å². The van der Waals surface area contributed by atoms with Crippen LogP contribution in [0.2, 0.25) is 0 Å². The highest BCUT2D eigenvalue weighted by atomic mass is 32.2. The van der Waals surface area contributed by atoms with Gasteiger partial charge in [-0.1, -0.05) is 18.2 Å². The summed E-state index contributed by atoms with van der Waals surface area (Å²) in [6.45, 7) is 1.78. The van der Waals surface area contributed by atoms with Gasteiger partial charge in [0.2, 0.25) is 5.75 Å². The van der Waals surface area contributed by atoms with Gasteiger partial charge in [-0.2, -0.15) is 0 Å². The Kier molecular flexibility index (Phi) is 8.58. The molecule has 3 aromatic carbocycles. The Labute approximate surface area is 224 Å². The summed E-state index contributed by atoms with van der Waals surface area (Å²) in [5, 5.41) is 12.4. The topological polar surface area (TPSA) is 94.1 Å². The largest absolute Gasteiger partial charge is 0.492 e. The molecule has 38 heavy (non-hydrogen) atoms. The number of hydrogen-bond donors (Lipinski definition) is 2. The lowest BCUT2D eigenvalue weighted by atomic mass is 9.95. The van der Waals surface area contributed by atoms with Gasteiger partial charge in [-0.05, 0) is 67.0 Å². The van der Waals surface area contributed by atoms with E-state index in [1.54, 1.807) is 13.2 Å². The van der Waals surface area contributed by atoms with E-state index >= 15 is 0 Å². The van der Waals surface area contributed by atoms with Crippen LogP contribution in [-0.2, 0) is 13.0 Å². The molecule has 1 aliphatic carbocycles. The summed E-state index contributed by atoms with van der Waals surface area (Å²) < 4.78 is 32.2. The van der Waals surface area contributed by atoms with E-state index in [0.717, 1.165) is 11.1 Å². The molecule has 3 aromatic rings. The molecule has 1 aliphatic rings. The van der Waals surface area contributed by atoms with Crippen LogP contribution in [0.1, 0.15) is 46.4 Å². The normalized spacial score (nSPS) is 14.1. The van der Waals surface area contributed by atoms with Crippen LogP contribution in [0.15, 0.2) is 52.2 Å². The van der Waals surface area contributed by atoms with Crippen LogP contribution in [-0.4, -0.2) is 38.1 Å². The zero-order valence-corrected chi connectivity index (χ0v) is 22.5. The van der Waals surface area contributed by atoms with Crippen LogP contribution in [0.25, 0.3) is 11.1 Å². The predicted molar refractivity (Wildman–Crippen MR) is 145 cm³/mol. The molecule has 0 spiro atoms. The minimum atomic E-state index is -0.773. The van der Waals surface area contributed by atoms with Crippen LogP contribution in [0.3, 0.4) is 0 Å². The number of fused-ring (bicyclic) bond motifs is 3. The number of amides is 1. The Bertz CT molecular complexity index is 1430. The molecule has 1 unspecified atom stereocenters. The van der Waals surface area contributed by atoms with Crippen molar-refractivity contribution in [1.29, 1.82) is 0 Å². The third-order valence-corrected chi connectivity index (χ3v) is 7.38. The molecule has 0 aromatic heterocycles. The average molecular weight is 540 g/mol. The van der Waals surface area contributed by atoms with Crippen LogP contribution in [0, 0.1) is 5.82 Å². The molecule has 0 saturated carbocycles. The van der Waals surface area contributed by atoms with Gasteiger partial charge in [-0.15, -0.1) is 11.8 Å². The molecule has 1 atom stereocenters. The highest BCUT2D eigenvalue weighted by molar-refractivity contribution is 7.98. The van der Waals surface area contributed by atoms with Crippen molar-refractivity contribution in [1.82, 2.24) is 5.32 Å². The van der Waals surface area contributed by atoms with Crippen LogP contribution in [0.4, 0.5) is 4.39 Å². The van der Waals surface area contributed by atoms with Gasteiger partial charge in [0.15, 0.2) is 16.9 Å². The minimum absolute atomic E-state index is 0.0319. The van der Waals surface area contributed by atoms with Crippen molar-refractivity contribution < 1.29 is 28.5 Å². The van der Waals surface area contributed by atoms with Gasteiger partial charge < -0.3 is 24.6 Å². The van der Waals surface area contributed by atoms with Crippen LogP contribution >= 0.6 is 11.8 Å². The molecule has 0 radical (unpaired) electrons. The molecule has 0 heterocycles. The molecule has 0 bridgehead atoms. The van der Waals surface area contributed by atoms with Crippen molar-refractivity contribution in [2.24, 2.45) is 0 Å². The summed E-state index contributed by atoms with van der Waals surface area (Å²) in [4.78, 5) is 26.9. The van der Waals surface area contributed by atoms with Crippen molar-refractivity contribution in [3.8, 4) is 28.4 Å². The lowest BCUT2D eigenvalue weighted by Crippen LogP contribution is -2.30. The summed E-state index contributed by atoms with van der Waals surface area (Å²) >= 11 is 1.33. The third kappa shape index (κ3) is 5.08. The number of rotatable bonds is 8. The Morgan fingerprint density at radius 2 is 1.92 bits per heavy atom. The number of hydrogen-bond acceptors (Lipinski definition) is 7. The summed E-state index contributed by atoms with van der Waals surface area (Å²) in [6.07, 6.45) is 2.78. The Hall–Kier alpha value is -3.56. The smallest absolute Gasteiger partial charge is 0.254 e. The fourth-order valence-electron chi connectivity index (χ4n) is 4.84. The van der Waals surface area contributed by atoms with Crippen LogP contribution < -0.4 is 25.0 Å². The molecular weight excluding hydrogens is 509 g/mol. The van der Waals surface area contributed by atoms with E-state index < -0.39 is 24.4 Å². The fourth-order valence-corrected chi connectivity index (χ4v) is 5.31. The van der Waals surface area contributed by atoms with Gasteiger partial charge >= 0.3 is 0 Å². The SMILES string of the molecule is CCOc1cc2c(c(OC)c1OC)-c1ccc(SC)c(=O)cc1C(NC(=O)c1cccc(CO)c1F)CC2. The van der Waals surface area contributed by atoms with Gasteiger partial charge in [0.25, 0.3) is 5.91 Å². The molecule has 0 fully saturated rings. The Morgan fingerprint density at radius 3 is 2.58 bits per heavy atom. The molecule has 9 heteroatoms. The maximum Gasteiger partial charge on any atom is 0.254 e. The number of aryl methyl sites for hydroxylation is 1. The lowest BCUT2D eigenvalue weighted by Gasteiger charge is -2.20. The van der Waals surface area contributed by atoms with E-state index in [4.69, 9.17) is 14.2 Å². The molecule has 4 rings (SSSR count). The number of aliphatic hydroxyl groups is 1. The second-order valence-corrected chi connectivity index (χ2v) is 9.54. The molecule has 7 nitrogen and oxygen atoms in total. The summed E-state index contributed by atoms with van der Waals surface area (Å²) in [6, 6.07) is 10.7. The van der Waals surface area contributed by atoms with Gasteiger partial charge in [-0.3, -0.25) is 9.59 Å². The number of thioether (sulfide) groups is 1. The summed E-state index contributed by atoms with van der Waals surface area (Å²) in [5.74, 6) is 0.0248. The fraction of sp³-hybridized carbons (Fsp3) is 0.310. The zero-order valence-electron chi connectivity index (χ0n) is 21.7. The second-order valence-electron chi connectivity index (χ2n) is 8.69. The molecular formula is C29H30FNO6S. The Balaban J connectivity index is 1.92. The van der Waals surface area contributed by atoms with E-state index in [2.05, 4.69) is 5.32 Å². The first-order valence-corrected chi connectivity index (χ1v) is 13.4. The number of carbonyl (C=O) groups excluding carboxylic acids is 1. The highest BCUT2D eigenvalue weighted by Gasteiger charge is 2.30. The van der Waals surface area contributed by atoms with Crippen molar-refractivity contribution in [2.75, 3.05) is 27.1 Å². The van der Waals surface area contributed by atoms with E-state index in [1.807, 2.05) is 25.3 Å². The first-order chi connectivity index (χ1) is 18.4. The van der Waals surface area contributed by atoms with Crippen molar-refractivity contribution >= 4 is 17.7 Å². The van der Waals surface area contributed by atoms with Crippen molar-refractivity contribution in [2.45, 2.75) is 37.3 Å². The monoisotopic (exact) mass is 539 g/mol. The number of benzene rings is 2. The van der Waals surface area contributed by atoms with Crippen LogP contribution in [0.5, 0.6) is 17.2 Å². The highest BCUT2D eigenvalue weighted by Crippen LogP contribution is 2.50. The van der Waals surface area contributed by atoms with Gasteiger partial charge in [-0.25, -0.2) is 4.39 Å². The van der Waals surface area contributed by atoms with E-state index in [0.29, 0.717) is 52.7 Å². The number of methoxy groups -OCH3 is 2. The average Bonchev–Trinajstić information content (AvgIpc) is 3.16. The number of ether oxygens (including phenoxy) is 3. The van der Waals surface area contributed by atoms with E-state index in [9.17, 15) is 19.1 Å². The first-order valence-electron chi connectivity index (χ1n) is 12.2. The standard InChI is InChI=1S/C29H30FNO6S/c1-5-37-23-13-16-9-11-21(31-29(34)19-8-6-7-17(15-32)26(19)30)20-14-22(33)24(38-4)12-10-18(20)25(16)28(36-3)27(23)35-2/h6-8,10,12-14,21,32H,5,9,11,15H2,1-4H3,(H,31,34). The molecule has 0 aliphatic heterocycles. The predicted octanol–water partition coefficient (Wildman–Crippen LogP) is 4.90. The van der Waals surface area contributed by atoms with Crippen molar-refractivity contribution in [3.63, 3.8) is 0 Å². The first kappa shape index (κ1) is 27.5. The minimum Gasteiger partial charge on any atom is -0.492 e. The number of aliphatic hydroxyl groups excluding tert-OH is 1. The number of halogens is 1. The maximum atomic E-state index is 14.9. The molecule has 0 saturated heterocycles. The number of carbonyl (C=O) groups is 1. The van der Waals surface area contributed by atoms with Gasteiger partial charge in [0.05, 0.1) is 43.9 Å². The lowest BCUT2D eigenvalue weighted by molar-refractivity contribution is 0.0930. The molecule has 2 N–H and O–H groups in total. The van der Waals surface area contributed by atoms with Gasteiger partial charge in [0.1, 0.15) is 5.82 Å². The van der Waals surface area contributed by atoms with E-state index in [1.165, 1.54) is 43.1 Å². The maximum absolute atomic E-state index is 14.9. The summed E-state index contributed by atoms with van der Waals surface area (Å²) in [5.41, 5.74) is 2.60. The zero-order chi connectivity index (χ0) is 27.4. The summed E-state index contributed by atoms with van der Waals surface area (Å²) in [7, 11) is 3.08. The Morgan fingerprint density at radius 1 is 1.16 bits per heavy atom. The second kappa shape index (κ2) is 11.9. The molecule has 200 valence electrons. The quantitative estimate of drug-likeness (QED) is 0.393. The molecule has 1 amide bonds. The third-order valence-electron chi connectivity index (χ3n) is 6.60. The number of nitrogens with one attached hydrogen (secondary N) is 1. The van der Waals surface area contributed by atoms with Crippen molar-refractivity contribution in [3.05, 3.63) is 80.8 Å². The van der Waals surface area contributed by atoms with E-state index in [-0.39, 0.29) is 16.6 Å².